The van der Waals surface area contributed by atoms with E-state index in [1.165, 1.54) is 0 Å². The monoisotopic (exact) mass is 466 g/mol. The van der Waals surface area contributed by atoms with Gasteiger partial charge in [0.05, 0.1) is 29.5 Å². The number of rotatable bonds is 6. The average Bonchev–Trinajstić information content (AvgIpc) is 3.31. The minimum absolute atomic E-state index is 0.292. The molecule has 0 N–H and O–H groups in total. The largest absolute Gasteiger partial charge is 0.489 e. The number of aromatic nitrogens is 2. The van der Waals surface area contributed by atoms with Crippen molar-refractivity contribution < 1.29 is 14.2 Å². The highest BCUT2D eigenvalue weighted by molar-refractivity contribution is 6.35. The molecule has 2 heterocycles. The van der Waals surface area contributed by atoms with E-state index < -0.39 is 5.79 Å². The smallest absolute Gasteiger partial charge is 0.215 e. The van der Waals surface area contributed by atoms with Crippen LogP contribution in [-0.4, -0.2) is 28.9 Å². The first-order valence-corrected chi connectivity index (χ1v) is 10.6. The van der Waals surface area contributed by atoms with E-state index in [0.717, 1.165) is 11.1 Å². The Labute approximate surface area is 190 Å². The lowest BCUT2D eigenvalue weighted by atomic mass is 10.1. The van der Waals surface area contributed by atoms with Gasteiger partial charge in [-0.15, -0.1) is 0 Å². The quantitative estimate of drug-likeness (QED) is 0.459. The van der Waals surface area contributed by atoms with Crippen molar-refractivity contribution in [2.45, 2.75) is 32.3 Å². The summed E-state index contributed by atoms with van der Waals surface area (Å²) in [5, 5.41) is 1.60. The third-order valence-corrected chi connectivity index (χ3v) is 5.77. The fourth-order valence-electron chi connectivity index (χ4n) is 3.64. The maximum Gasteiger partial charge on any atom is 0.215 e. The molecule has 0 saturated carbocycles. The molecule has 4 rings (SSSR count). The Morgan fingerprint density at radius 3 is 2.70 bits per heavy atom. The van der Waals surface area contributed by atoms with E-state index >= 15 is 0 Å². The maximum atomic E-state index is 6.50. The topological polar surface area (TPSA) is 45.5 Å². The van der Waals surface area contributed by atoms with Crippen LogP contribution in [0, 0.1) is 13.8 Å². The molecule has 1 fully saturated rings. The van der Waals surface area contributed by atoms with Crippen LogP contribution < -0.4 is 4.74 Å². The molecule has 158 valence electrons. The number of hydrogen-bond donors (Lipinski definition) is 0. The summed E-state index contributed by atoms with van der Waals surface area (Å²) in [6.07, 6.45) is 4.95. The number of aryl methyl sites for hydroxylation is 2. The SMILES string of the molecule is Cc1cc(C)c(OCC2COC(Cn3ccnc3)(c3ccc(Cl)cc3Cl)O2)c(Cl)c1. The lowest BCUT2D eigenvalue weighted by Gasteiger charge is -2.30. The van der Waals surface area contributed by atoms with Crippen molar-refractivity contribution in [2.75, 3.05) is 13.2 Å². The highest BCUT2D eigenvalue weighted by Gasteiger charge is 2.45. The molecule has 0 amide bonds. The molecule has 8 heteroatoms. The van der Waals surface area contributed by atoms with Crippen molar-refractivity contribution in [3.05, 3.63) is 80.8 Å². The van der Waals surface area contributed by atoms with Crippen molar-refractivity contribution in [1.82, 2.24) is 9.55 Å². The Hall–Kier alpha value is -1.76. The molecule has 0 spiro atoms. The number of hydrogen-bond acceptors (Lipinski definition) is 4. The molecule has 5 nitrogen and oxygen atoms in total. The molecular formula is C22H21Cl3N2O3. The van der Waals surface area contributed by atoms with Gasteiger partial charge in [0.25, 0.3) is 0 Å². The van der Waals surface area contributed by atoms with E-state index in [0.29, 0.717) is 46.1 Å². The van der Waals surface area contributed by atoms with E-state index in [2.05, 4.69) is 4.98 Å². The van der Waals surface area contributed by atoms with Crippen molar-refractivity contribution >= 4 is 34.8 Å². The summed E-state index contributed by atoms with van der Waals surface area (Å²) in [6.45, 7) is 4.99. The number of imidazole rings is 1. The summed E-state index contributed by atoms with van der Waals surface area (Å²) in [5.41, 5.74) is 2.76. The van der Waals surface area contributed by atoms with Gasteiger partial charge >= 0.3 is 0 Å². The standard InChI is InChI=1S/C22H21Cl3N2O3/c1-14-7-15(2)21(20(25)8-14)28-10-17-11-29-22(30-17,12-27-6-5-26-13-27)18-4-3-16(23)9-19(18)24/h3-9,13,17H,10-12H2,1-2H3. The normalized spacial score (nSPS) is 21.2. The third-order valence-electron chi connectivity index (χ3n) is 4.94. The van der Waals surface area contributed by atoms with E-state index in [9.17, 15) is 0 Å². The predicted octanol–water partition coefficient (Wildman–Crippen LogP) is 5.81. The van der Waals surface area contributed by atoms with Gasteiger partial charge in [0.1, 0.15) is 18.5 Å². The summed E-state index contributed by atoms with van der Waals surface area (Å²) < 4.78 is 20.5. The molecular weight excluding hydrogens is 447 g/mol. The van der Waals surface area contributed by atoms with Gasteiger partial charge in [0.15, 0.2) is 0 Å². The summed E-state index contributed by atoms with van der Waals surface area (Å²) in [7, 11) is 0. The van der Waals surface area contributed by atoms with Gasteiger partial charge in [-0.05, 0) is 43.2 Å². The minimum atomic E-state index is -1.08. The van der Waals surface area contributed by atoms with Gasteiger partial charge in [0, 0.05) is 23.0 Å². The second-order valence-corrected chi connectivity index (χ2v) is 8.62. The van der Waals surface area contributed by atoms with Gasteiger partial charge < -0.3 is 18.8 Å². The van der Waals surface area contributed by atoms with Gasteiger partial charge in [-0.1, -0.05) is 46.9 Å². The Morgan fingerprint density at radius 2 is 2.00 bits per heavy atom. The average molecular weight is 468 g/mol. The van der Waals surface area contributed by atoms with Crippen molar-refractivity contribution in [3.63, 3.8) is 0 Å². The fourth-order valence-corrected chi connectivity index (χ4v) is 4.57. The first-order valence-electron chi connectivity index (χ1n) is 9.49. The number of nitrogens with zero attached hydrogens (tertiary/aromatic N) is 2. The molecule has 1 aromatic heterocycles. The number of ether oxygens (including phenoxy) is 3. The Balaban J connectivity index is 1.56. The van der Waals surface area contributed by atoms with Crippen LogP contribution >= 0.6 is 34.8 Å². The third kappa shape index (κ3) is 4.46. The second-order valence-electron chi connectivity index (χ2n) is 7.37. The molecule has 1 aliphatic heterocycles. The first kappa shape index (κ1) is 21.5. The first-order chi connectivity index (χ1) is 14.4. The molecule has 0 bridgehead atoms. The molecule has 2 unspecified atom stereocenters. The van der Waals surface area contributed by atoms with E-state index in [-0.39, 0.29) is 6.10 Å². The summed E-state index contributed by atoms with van der Waals surface area (Å²) in [4.78, 5) is 4.11. The Bertz CT molecular complexity index is 1020. The number of halogens is 3. The molecule has 2 atom stereocenters. The van der Waals surface area contributed by atoms with Crippen LogP contribution in [0.5, 0.6) is 5.75 Å². The fraction of sp³-hybridized carbons (Fsp3) is 0.318. The van der Waals surface area contributed by atoms with E-state index in [4.69, 9.17) is 49.0 Å². The van der Waals surface area contributed by atoms with Crippen molar-refractivity contribution in [3.8, 4) is 5.75 Å². The summed E-state index contributed by atoms with van der Waals surface area (Å²) >= 11 is 18.9. The Morgan fingerprint density at radius 1 is 1.17 bits per heavy atom. The zero-order valence-corrected chi connectivity index (χ0v) is 18.8. The zero-order valence-electron chi connectivity index (χ0n) is 16.6. The Kier molecular flexibility index (Phi) is 6.28. The molecule has 3 aromatic rings. The van der Waals surface area contributed by atoms with Gasteiger partial charge in [-0.2, -0.15) is 0 Å². The van der Waals surface area contributed by atoms with Gasteiger partial charge in [0.2, 0.25) is 5.79 Å². The maximum absolute atomic E-state index is 6.50. The van der Waals surface area contributed by atoms with Crippen LogP contribution in [0.25, 0.3) is 0 Å². The van der Waals surface area contributed by atoms with E-state index in [1.807, 2.05) is 42.8 Å². The van der Waals surface area contributed by atoms with Crippen LogP contribution in [0.15, 0.2) is 49.1 Å². The van der Waals surface area contributed by atoms with Gasteiger partial charge in [-0.3, -0.25) is 0 Å². The van der Waals surface area contributed by atoms with Crippen LogP contribution in [0.3, 0.4) is 0 Å². The van der Waals surface area contributed by atoms with Crippen LogP contribution in [0.1, 0.15) is 16.7 Å². The second kappa shape index (κ2) is 8.77. The molecule has 0 radical (unpaired) electrons. The molecule has 1 aliphatic rings. The molecule has 1 saturated heterocycles. The summed E-state index contributed by atoms with van der Waals surface area (Å²) in [6, 6.07) is 9.19. The highest BCUT2D eigenvalue weighted by atomic mass is 35.5. The van der Waals surface area contributed by atoms with Crippen LogP contribution in [-0.2, 0) is 21.8 Å². The van der Waals surface area contributed by atoms with E-state index in [1.54, 1.807) is 24.7 Å². The molecule has 30 heavy (non-hydrogen) atoms. The van der Waals surface area contributed by atoms with Gasteiger partial charge in [-0.25, -0.2) is 4.98 Å². The highest BCUT2D eigenvalue weighted by Crippen LogP contribution is 2.41. The lowest BCUT2D eigenvalue weighted by molar-refractivity contribution is -0.189. The minimum Gasteiger partial charge on any atom is -0.489 e. The van der Waals surface area contributed by atoms with Crippen LogP contribution in [0.4, 0.5) is 0 Å². The van der Waals surface area contributed by atoms with Crippen molar-refractivity contribution in [2.24, 2.45) is 0 Å². The number of benzene rings is 2. The molecule has 0 aliphatic carbocycles. The zero-order chi connectivity index (χ0) is 21.3. The summed E-state index contributed by atoms with van der Waals surface area (Å²) in [5.74, 6) is -0.426. The lowest BCUT2D eigenvalue weighted by Crippen LogP contribution is -2.34. The predicted molar refractivity (Wildman–Crippen MR) is 118 cm³/mol. The van der Waals surface area contributed by atoms with Crippen molar-refractivity contribution in [1.29, 1.82) is 0 Å². The molecule has 2 aromatic carbocycles. The van der Waals surface area contributed by atoms with Crippen LogP contribution in [0.2, 0.25) is 15.1 Å².